The fourth-order valence-electron chi connectivity index (χ4n) is 3.05. The Balaban J connectivity index is 1.94. The number of halogens is 1. The molecule has 0 bridgehead atoms. The Labute approximate surface area is 130 Å². The average Bonchev–Trinajstić information content (AvgIpc) is 2.90. The highest BCUT2D eigenvalue weighted by Crippen LogP contribution is 2.39. The molecule has 1 aliphatic rings. The molecule has 2 aromatic rings. The van der Waals surface area contributed by atoms with Gasteiger partial charge in [-0.15, -0.1) is 0 Å². The molecule has 2 atom stereocenters. The number of hydrogen-bond acceptors (Lipinski definition) is 4. The summed E-state index contributed by atoms with van der Waals surface area (Å²) in [6, 6.07) is 8.80. The van der Waals surface area contributed by atoms with Crippen LogP contribution in [0.1, 0.15) is 31.9 Å². The molecule has 2 heterocycles. The summed E-state index contributed by atoms with van der Waals surface area (Å²) in [6.07, 6.45) is 2.41. The summed E-state index contributed by atoms with van der Waals surface area (Å²) in [5.41, 5.74) is 0.725. The fraction of sp³-hybridized carbons (Fsp3) is 0.412. The van der Waals surface area contributed by atoms with Crippen molar-refractivity contribution in [2.75, 3.05) is 18.1 Å². The lowest BCUT2D eigenvalue weighted by Gasteiger charge is -2.26. The molecule has 116 valence electrons. The number of hydrogen-bond donors (Lipinski definition) is 0. The molecule has 0 radical (unpaired) electrons. The van der Waals surface area contributed by atoms with Crippen LogP contribution in [0.15, 0.2) is 36.7 Å². The van der Waals surface area contributed by atoms with Gasteiger partial charge in [-0.25, -0.2) is 14.4 Å². The van der Waals surface area contributed by atoms with Gasteiger partial charge in [0.1, 0.15) is 18.0 Å². The third-order valence-corrected chi connectivity index (χ3v) is 3.99. The van der Waals surface area contributed by atoms with Crippen molar-refractivity contribution in [1.82, 2.24) is 9.97 Å². The maximum atomic E-state index is 14.2. The second kappa shape index (κ2) is 6.30. The largest absolute Gasteiger partial charge is 0.478 e. The Hall–Kier alpha value is -2.17. The molecule has 5 heteroatoms. The van der Waals surface area contributed by atoms with Crippen LogP contribution < -0.4 is 9.64 Å². The zero-order valence-corrected chi connectivity index (χ0v) is 12.9. The van der Waals surface area contributed by atoms with Gasteiger partial charge in [0.2, 0.25) is 5.88 Å². The van der Waals surface area contributed by atoms with Crippen LogP contribution in [-0.2, 0) is 0 Å². The van der Waals surface area contributed by atoms with Gasteiger partial charge in [-0.3, -0.25) is 0 Å². The Morgan fingerprint density at radius 1 is 1.32 bits per heavy atom. The monoisotopic (exact) mass is 301 g/mol. The van der Waals surface area contributed by atoms with Gasteiger partial charge in [-0.1, -0.05) is 25.1 Å². The number of aromatic nitrogens is 2. The molecule has 0 spiro atoms. The molecule has 1 aromatic heterocycles. The van der Waals surface area contributed by atoms with E-state index in [1.165, 1.54) is 12.4 Å². The van der Waals surface area contributed by atoms with Gasteiger partial charge in [-0.05, 0) is 25.3 Å². The van der Waals surface area contributed by atoms with Gasteiger partial charge in [0, 0.05) is 18.2 Å². The zero-order chi connectivity index (χ0) is 15.5. The topological polar surface area (TPSA) is 38.2 Å². The van der Waals surface area contributed by atoms with E-state index in [0.717, 1.165) is 24.3 Å². The van der Waals surface area contributed by atoms with Crippen LogP contribution in [0.5, 0.6) is 5.88 Å². The van der Waals surface area contributed by atoms with Crippen LogP contribution in [-0.4, -0.2) is 23.1 Å². The Kier molecular flexibility index (Phi) is 4.22. The van der Waals surface area contributed by atoms with Crippen molar-refractivity contribution >= 4 is 5.82 Å². The second-order valence-electron chi connectivity index (χ2n) is 5.68. The minimum absolute atomic E-state index is 0.000534. The molecule has 0 aliphatic carbocycles. The molecule has 2 unspecified atom stereocenters. The van der Waals surface area contributed by atoms with E-state index in [-0.39, 0.29) is 11.9 Å². The van der Waals surface area contributed by atoms with Gasteiger partial charge < -0.3 is 9.64 Å². The van der Waals surface area contributed by atoms with E-state index < -0.39 is 0 Å². The van der Waals surface area contributed by atoms with Crippen LogP contribution in [0.3, 0.4) is 0 Å². The van der Waals surface area contributed by atoms with Crippen LogP contribution in [0.25, 0.3) is 0 Å². The third kappa shape index (κ3) is 2.89. The first-order valence-electron chi connectivity index (χ1n) is 7.65. The highest BCUT2D eigenvalue weighted by Gasteiger charge is 2.33. The molecular weight excluding hydrogens is 281 g/mol. The van der Waals surface area contributed by atoms with Gasteiger partial charge >= 0.3 is 0 Å². The normalized spacial score (nSPS) is 21.1. The molecule has 1 fully saturated rings. The Morgan fingerprint density at radius 3 is 2.91 bits per heavy atom. The van der Waals surface area contributed by atoms with Gasteiger partial charge in [0.15, 0.2) is 0 Å². The molecule has 4 nitrogen and oxygen atoms in total. The van der Waals surface area contributed by atoms with E-state index in [1.807, 2.05) is 25.1 Å². The molecule has 22 heavy (non-hydrogen) atoms. The van der Waals surface area contributed by atoms with E-state index >= 15 is 0 Å². The molecule has 0 amide bonds. The van der Waals surface area contributed by atoms with Crippen molar-refractivity contribution in [3.05, 3.63) is 48.0 Å². The maximum absolute atomic E-state index is 14.2. The first kappa shape index (κ1) is 14.8. The highest BCUT2D eigenvalue weighted by molar-refractivity contribution is 5.46. The number of rotatable bonds is 4. The van der Waals surface area contributed by atoms with Crippen molar-refractivity contribution in [1.29, 1.82) is 0 Å². The predicted molar refractivity (Wildman–Crippen MR) is 83.5 cm³/mol. The summed E-state index contributed by atoms with van der Waals surface area (Å²) in [5.74, 6) is 1.66. The van der Waals surface area contributed by atoms with Crippen molar-refractivity contribution in [2.45, 2.75) is 26.3 Å². The SMILES string of the molecule is CCOc1cc(N2CC(C)CC2c2ccccc2F)ncn1. The number of anilines is 1. The lowest BCUT2D eigenvalue weighted by Crippen LogP contribution is -2.25. The molecule has 3 rings (SSSR count). The van der Waals surface area contributed by atoms with Crippen molar-refractivity contribution < 1.29 is 9.13 Å². The van der Waals surface area contributed by atoms with Crippen molar-refractivity contribution in [3.8, 4) is 5.88 Å². The summed E-state index contributed by atoms with van der Waals surface area (Å²) in [5, 5.41) is 0. The number of ether oxygens (including phenoxy) is 1. The quantitative estimate of drug-likeness (QED) is 0.865. The maximum Gasteiger partial charge on any atom is 0.218 e. The van der Waals surface area contributed by atoms with Crippen LogP contribution >= 0.6 is 0 Å². The summed E-state index contributed by atoms with van der Waals surface area (Å²) in [7, 11) is 0. The summed E-state index contributed by atoms with van der Waals surface area (Å²) in [4.78, 5) is 10.6. The standard InChI is InChI=1S/C17H20FN3O/c1-3-22-17-9-16(19-11-20-17)21-10-12(2)8-15(21)13-6-4-5-7-14(13)18/h4-7,9,11-12,15H,3,8,10H2,1-2H3. The highest BCUT2D eigenvalue weighted by atomic mass is 19.1. The van der Waals surface area contributed by atoms with E-state index in [9.17, 15) is 4.39 Å². The first-order chi connectivity index (χ1) is 10.7. The van der Waals surface area contributed by atoms with Crippen molar-refractivity contribution in [2.24, 2.45) is 5.92 Å². The minimum Gasteiger partial charge on any atom is -0.478 e. The third-order valence-electron chi connectivity index (χ3n) is 3.99. The molecule has 1 aliphatic heterocycles. The summed E-state index contributed by atoms with van der Waals surface area (Å²) >= 11 is 0. The van der Waals surface area contributed by atoms with Gasteiger partial charge in [0.25, 0.3) is 0 Å². The van der Waals surface area contributed by atoms with E-state index in [1.54, 1.807) is 6.07 Å². The number of benzene rings is 1. The van der Waals surface area contributed by atoms with E-state index in [2.05, 4.69) is 21.8 Å². The summed E-state index contributed by atoms with van der Waals surface area (Å²) in [6.45, 7) is 5.51. The molecule has 1 aromatic carbocycles. The lowest BCUT2D eigenvalue weighted by molar-refractivity contribution is 0.326. The number of nitrogens with zero attached hydrogens (tertiary/aromatic N) is 3. The summed E-state index contributed by atoms with van der Waals surface area (Å²) < 4.78 is 19.6. The first-order valence-corrected chi connectivity index (χ1v) is 7.65. The van der Waals surface area contributed by atoms with Gasteiger partial charge in [0.05, 0.1) is 12.6 Å². The fourth-order valence-corrected chi connectivity index (χ4v) is 3.05. The average molecular weight is 301 g/mol. The van der Waals surface area contributed by atoms with E-state index in [4.69, 9.17) is 4.74 Å². The van der Waals surface area contributed by atoms with Crippen LogP contribution in [0.4, 0.5) is 10.2 Å². The zero-order valence-electron chi connectivity index (χ0n) is 12.9. The molecule has 1 saturated heterocycles. The smallest absolute Gasteiger partial charge is 0.218 e. The molecule has 0 N–H and O–H groups in total. The predicted octanol–water partition coefficient (Wildman–Crippen LogP) is 3.60. The molecular formula is C17H20FN3O. The minimum atomic E-state index is -0.161. The lowest BCUT2D eigenvalue weighted by atomic mass is 10.0. The van der Waals surface area contributed by atoms with Gasteiger partial charge in [-0.2, -0.15) is 0 Å². The Morgan fingerprint density at radius 2 is 2.14 bits per heavy atom. The molecule has 0 saturated carbocycles. The second-order valence-corrected chi connectivity index (χ2v) is 5.68. The van der Waals surface area contributed by atoms with Crippen molar-refractivity contribution in [3.63, 3.8) is 0 Å². The van der Waals surface area contributed by atoms with Crippen LogP contribution in [0.2, 0.25) is 0 Å². The Bertz CT molecular complexity index is 649. The van der Waals surface area contributed by atoms with Crippen LogP contribution in [0, 0.1) is 11.7 Å². The van der Waals surface area contributed by atoms with E-state index in [0.29, 0.717) is 18.4 Å².